The van der Waals surface area contributed by atoms with Gasteiger partial charge in [0, 0.05) is 37.9 Å². The third kappa shape index (κ3) is 6.93. The molecule has 0 spiro atoms. The quantitative estimate of drug-likeness (QED) is 0.579. The molecule has 7 heteroatoms. The lowest BCUT2D eigenvalue weighted by Crippen LogP contribution is -2.26. The number of rotatable bonds is 10. The molecule has 0 aliphatic rings. The van der Waals surface area contributed by atoms with Gasteiger partial charge >= 0.3 is 0 Å². The van der Waals surface area contributed by atoms with Gasteiger partial charge in [-0.05, 0) is 40.0 Å². The highest BCUT2D eigenvalue weighted by atomic mass is 79.9. The first-order valence-electron chi connectivity index (χ1n) is 8.85. The van der Waals surface area contributed by atoms with Crippen LogP contribution in [-0.2, 0) is 22.6 Å². The van der Waals surface area contributed by atoms with Crippen LogP contribution in [0.5, 0.6) is 0 Å². The first kappa shape index (κ1) is 21.3. The number of halogens is 1. The van der Waals surface area contributed by atoms with Crippen LogP contribution in [0.4, 0.5) is 5.82 Å². The Labute approximate surface area is 169 Å². The number of carbonyl (C=O) groups is 1. The van der Waals surface area contributed by atoms with Crippen LogP contribution >= 0.6 is 15.9 Å². The van der Waals surface area contributed by atoms with E-state index in [2.05, 4.69) is 26.2 Å². The molecule has 6 nitrogen and oxygen atoms in total. The highest BCUT2D eigenvalue weighted by molar-refractivity contribution is 9.10. The van der Waals surface area contributed by atoms with Gasteiger partial charge in [0.25, 0.3) is 5.91 Å². The third-order valence-electron chi connectivity index (χ3n) is 3.79. The van der Waals surface area contributed by atoms with Crippen LogP contribution in [-0.4, -0.2) is 44.8 Å². The predicted molar refractivity (Wildman–Crippen MR) is 110 cm³/mol. The number of aromatic nitrogens is 1. The summed E-state index contributed by atoms with van der Waals surface area (Å²) in [5.74, 6) is 0.470. The summed E-state index contributed by atoms with van der Waals surface area (Å²) in [7, 11) is 3.73. The zero-order valence-electron chi connectivity index (χ0n) is 16.0. The van der Waals surface area contributed by atoms with Crippen LogP contribution in [0.15, 0.2) is 41.0 Å². The molecule has 0 unspecified atom stereocenters. The maximum Gasteiger partial charge on any atom is 0.255 e. The van der Waals surface area contributed by atoms with E-state index in [1.165, 1.54) is 0 Å². The molecule has 0 saturated heterocycles. The van der Waals surface area contributed by atoms with Gasteiger partial charge in [-0.1, -0.05) is 24.3 Å². The molecule has 146 valence electrons. The summed E-state index contributed by atoms with van der Waals surface area (Å²) in [5, 5.41) is 2.96. The number of amides is 1. The van der Waals surface area contributed by atoms with Gasteiger partial charge in [-0.2, -0.15) is 0 Å². The summed E-state index contributed by atoms with van der Waals surface area (Å²) >= 11 is 3.38. The first-order chi connectivity index (χ1) is 13.0. The number of anilines is 1. The van der Waals surface area contributed by atoms with Crippen LogP contribution in [0.3, 0.4) is 0 Å². The third-order valence-corrected chi connectivity index (χ3v) is 4.22. The Bertz CT molecular complexity index is 753. The smallest absolute Gasteiger partial charge is 0.255 e. The average molecular weight is 436 g/mol. The van der Waals surface area contributed by atoms with Crippen molar-refractivity contribution >= 4 is 27.7 Å². The van der Waals surface area contributed by atoms with Crippen molar-refractivity contribution in [2.45, 2.75) is 20.1 Å². The summed E-state index contributed by atoms with van der Waals surface area (Å²) in [6, 6.07) is 9.77. The van der Waals surface area contributed by atoms with Gasteiger partial charge in [0.2, 0.25) is 0 Å². The van der Waals surface area contributed by atoms with Gasteiger partial charge in [-0.3, -0.25) is 4.79 Å². The topological polar surface area (TPSA) is 63.7 Å². The second-order valence-corrected chi connectivity index (χ2v) is 7.09. The zero-order chi connectivity index (χ0) is 19.6. The fourth-order valence-corrected chi connectivity index (χ4v) is 2.85. The van der Waals surface area contributed by atoms with Gasteiger partial charge < -0.3 is 19.7 Å². The molecule has 0 saturated carbocycles. The number of hydrogen-bond donors (Lipinski definition) is 1. The van der Waals surface area contributed by atoms with E-state index < -0.39 is 0 Å². The number of nitrogens with one attached hydrogen (secondary N) is 1. The molecular weight excluding hydrogens is 410 g/mol. The Balaban J connectivity index is 1.94. The van der Waals surface area contributed by atoms with E-state index in [0.717, 1.165) is 15.6 Å². The summed E-state index contributed by atoms with van der Waals surface area (Å²) in [6.45, 7) is 4.78. The van der Waals surface area contributed by atoms with Crippen LogP contribution in [0.2, 0.25) is 0 Å². The second-order valence-electron chi connectivity index (χ2n) is 6.17. The molecule has 1 N–H and O–H groups in total. The molecule has 1 heterocycles. The standard InChI is InChI=1S/C20H26BrN3O3/c1-4-26-8-9-27-14-16-7-5-6-15(10-16)12-23-20(25)18-11-17(21)13-22-19(18)24(2)3/h5-7,10-11,13H,4,8-9,12,14H2,1-3H3,(H,23,25). The van der Waals surface area contributed by atoms with Crippen LogP contribution in [0, 0.1) is 0 Å². The number of hydrogen-bond acceptors (Lipinski definition) is 5. The molecule has 2 rings (SSSR count). The Morgan fingerprint density at radius 3 is 2.67 bits per heavy atom. The van der Waals surface area contributed by atoms with E-state index in [9.17, 15) is 4.79 Å². The summed E-state index contributed by atoms with van der Waals surface area (Å²) < 4.78 is 11.6. The van der Waals surface area contributed by atoms with Gasteiger partial charge in [-0.15, -0.1) is 0 Å². The maximum absolute atomic E-state index is 12.6. The van der Waals surface area contributed by atoms with Crippen molar-refractivity contribution in [1.82, 2.24) is 10.3 Å². The fraction of sp³-hybridized carbons (Fsp3) is 0.400. The Kier molecular flexibility index (Phi) is 8.71. The molecule has 0 atom stereocenters. The van der Waals surface area contributed by atoms with Gasteiger partial charge in [-0.25, -0.2) is 4.98 Å². The molecule has 0 fully saturated rings. The molecule has 0 aliphatic carbocycles. The normalized spacial score (nSPS) is 10.7. The average Bonchev–Trinajstić information content (AvgIpc) is 2.66. The van der Waals surface area contributed by atoms with Crippen molar-refractivity contribution in [2.24, 2.45) is 0 Å². The van der Waals surface area contributed by atoms with E-state index >= 15 is 0 Å². The van der Waals surface area contributed by atoms with Crippen molar-refractivity contribution < 1.29 is 14.3 Å². The van der Waals surface area contributed by atoms with Crippen LogP contribution in [0.1, 0.15) is 28.4 Å². The summed E-state index contributed by atoms with van der Waals surface area (Å²) in [4.78, 5) is 18.8. The number of nitrogens with zero attached hydrogens (tertiary/aromatic N) is 2. The molecule has 1 amide bonds. The first-order valence-corrected chi connectivity index (χ1v) is 9.65. The van der Waals surface area contributed by atoms with Crippen molar-refractivity contribution in [1.29, 1.82) is 0 Å². The van der Waals surface area contributed by atoms with Crippen molar-refractivity contribution in [2.75, 3.05) is 38.8 Å². The number of carbonyl (C=O) groups excluding carboxylic acids is 1. The van der Waals surface area contributed by atoms with Crippen molar-refractivity contribution in [3.05, 3.63) is 57.7 Å². The Morgan fingerprint density at radius 2 is 1.93 bits per heavy atom. The minimum atomic E-state index is -0.161. The van der Waals surface area contributed by atoms with Crippen molar-refractivity contribution in [3.63, 3.8) is 0 Å². The molecule has 0 radical (unpaired) electrons. The van der Waals surface area contributed by atoms with Gasteiger partial charge in [0.1, 0.15) is 5.82 Å². The Hall–Kier alpha value is -1.96. The lowest BCUT2D eigenvalue weighted by molar-refractivity contribution is 0.0453. The highest BCUT2D eigenvalue weighted by Gasteiger charge is 2.14. The molecule has 2 aromatic rings. The van der Waals surface area contributed by atoms with Crippen molar-refractivity contribution in [3.8, 4) is 0 Å². The van der Waals surface area contributed by atoms with Crippen LogP contribution in [0.25, 0.3) is 0 Å². The molecule has 0 aliphatic heterocycles. The summed E-state index contributed by atoms with van der Waals surface area (Å²) in [5.41, 5.74) is 2.62. The molecule has 1 aromatic heterocycles. The predicted octanol–water partition coefficient (Wildman–Crippen LogP) is 3.39. The fourth-order valence-electron chi connectivity index (χ4n) is 2.51. The summed E-state index contributed by atoms with van der Waals surface area (Å²) in [6.07, 6.45) is 1.68. The lowest BCUT2D eigenvalue weighted by Gasteiger charge is -2.16. The second kappa shape index (κ2) is 11.0. The van der Waals surface area contributed by atoms with Gasteiger partial charge in [0.15, 0.2) is 0 Å². The Morgan fingerprint density at radius 1 is 1.19 bits per heavy atom. The highest BCUT2D eigenvalue weighted by Crippen LogP contribution is 2.20. The van der Waals surface area contributed by atoms with E-state index in [4.69, 9.17) is 9.47 Å². The minimum absolute atomic E-state index is 0.161. The zero-order valence-corrected chi connectivity index (χ0v) is 17.6. The molecular formula is C20H26BrN3O3. The monoisotopic (exact) mass is 435 g/mol. The number of ether oxygens (including phenoxy) is 2. The van der Waals surface area contributed by atoms with E-state index in [0.29, 0.717) is 44.4 Å². The molecule has 27 heavy (non-hydrogen) atoms. The minimum Gasteiger partial charge on any atom is -0.379 e. The molecule has 0 bridgehead atoms. The van der Waals surface area contributed by atoms with E-state index in [1.54, 1.807) is 12.3 Å². The SMILES string of the molecule is CCOCCOCc1cccc(CNC(=O)c2cc(Br)cnc2N(C)C)c1. The molecule has 1 aromatic carbocycles. The van der Waals surface area contributed by atoms with E-state index in [-0.39, 0.29) is 5.91 Å². The number of pyridine rings is 1. The maximum atomic E-state index is 12.6. The van der Waals surface area contributed by atoms with E-state index in [1.807, 2.05) is 50.2 Å². The number of benzene rings is 1. The lowest BCUT2D eigenvalue weighted by atomic mass is 10.1. The van der Waals surface area contributed by atoms with Crippen LogP contribution < -0.4 is 10.2 Å². The van der Waals surface area contributed by atoms with Gasteiger partial charge in [0.05, 0.1) is 25.4 Å². The largest absolute Gasteiger partial charge is 0.379 e.